The quantitative estimate of drug-likeness (QED) is 0.617. The Labute approximate surface area is 99.9 Å². The van der Waals surface area contributed by atoms with Crippen molar-refractivity contribution in [3.05, 3.63) is 0 Å². The SMILES string of the molecule is CCCCCCCC(CC1OCCO1)NC. The molecule has 1 atom stereocenters. The van der Waals surface area contributed by atoms with E-state index in [1.807, 2.05) is 7.05 Å². The van der Waals surface area contributed by atoms with Crippen molar-refractivity contribution in [2.24, 2.45) is 0 Å². The van der Waals surface area contributed by atoms with E-state index in [9.17, 15) is 0 Å². The van der Waals surface area contributed by atoms with Crippen LogP contribution in [0.3, 0.4) is 0 Å². The minimum Gasteiger partial charge on any atom is -0.350 e. The highest BCUT2D eigenvalue weighted by molar-refractivity contribution is 4.68. The number of nitrogens with one attached hydrogen (secondary N) is 1. The van der Waals surface area contributed by atoms with E-state index in [4.69, 9.17) is 9.47 Å². The third-order valence-corrected chi connectivity index (χ3v) is 3.23. The van der Waals surface area contributed by atoms with Gasteiger partial charge in [0.1, 0.15) is 0 Å². The first-order valence-corrected chi connectivity index (χ1v) is 6.77. The maximum Gasteiger partial charge on any atom is 0.159 e. The van der Waals surface area contributed by atoms with Gasteiger partial charge in [-0.3, -0.25) is 0 Å². The van der Waals surface area contributed by atoms with Crippen LogP contribution in [0.4, 0.5) is 0 Å². The number of rotatable bonds is 9. The molecule has 0 radical (unpaired) electrons. The van der Waals surface area contributed by atoms with Gasteiger partial charge in [-0.05, 0) is 13.5 Å². The second-order valence-corrected chi connectivity index (χ2v) is 4.60. The fraction of sp³-hybridized carbons (Fsp3) is 1.00. The lowest BCUT2D eigenvalue weighted by Crippen LogP contribution is -2.30. The Morgan fingerprint density at radius 2 is 1.81 bits per heavy atom. The molecule has 3 nitrogen and oxygen atoms in total. The Bertz CT molecular complexity index is 158. The Kier molecular flexibility index (Phi) is 7.81. The molecule has 0 aromatic carbocycles. The molecule has 0 aromatic rings. The van der Waals surface area contributed by atoms with Crippen molar-refractivity contribution < 1.29 is 9.47 Å². The summed E-state index contributed by atoms with van der Waals surface area (Å²) in [6.45, 7) is 3.78. The van der Waals surface area contributed by atoms with Gasteiger partial charge in [0.25, 0.3) is 0 Å². The topological polar surface area (TPSA) is 30.5 Å². The van der Waals surface area contributed by atoms with Crippen molar-refractivity contribution in [3.63, 3.8) is 0 Å². The summed E-state index contributed by atoms with van der Waals surface area (Å²) in [6, 6.07) is 0.546. The summed E-state index contributed by atoms with van der Waals surface area (Å²) in [5.74, 6) is 0. The summed E-state index contributed by atoms with van der Waals surface area (Å²) >= 11 is 0. The van der Waals surface area contributed by atoms with E-state index >= 15 is 0 Å². The molecule has 1 N–H and O–H groups in total. The van der Waals surface area contributed by atoms with Crippen LogP contribution in [0, 0.1) is 0 Å². The molecule has 0 bridgehead atoms. The van der Waals surface area contributed by atoms with Gasteiger partial charge in [-0.2, -0.15) is 0 Å². The summed E-state index contributed by atoms with van der Waals surface area (Å²) in [6.07, 6.45) is 9.01. The predicted octanol–water partition coefficient (Wildman–Crippen LogP) is 2.70. The van der Waals surface area contributed by atoms with Crippen LogP contribution in [-0.4, -0.2) is 32.6 Å². The van der Waals surface area contributed by atoms with Crippen LogP contribution in [0.2, 0.25) is 0 Å². The van der Waals surface area contributed by atoms with E-state index in [0.29, 0.717) is 6.04 Å². The fourth-order valence-corrected chi connectivity index (χ4v) is 2.15. The molecule has 1 rings (SSSR count). The van der Waals surface area contributed by atoms with E-state index < -0.39 is 0 Å². The van der Waals surface area contributed by atoms with Crippen LogP contribution >= 0.6 is 0 Å². The van der Waals surface area contributed by atoms with Crippen molar-refractivity contribution in [2.45, 2.75) is 64.2 Å². The number of hydrogen-bond acceptors (Lipinski definition) is 3. The number of unbranched alkanes of at least 4 members (excludes halogenated alkanes) is 4. The lowest BCUT2D eigenvalue weighted by Gasteiger charge is -2.19. The van der Waals surface area contributed by atoms with Gasteiger partial charge in [-0.25, -0.2) is 0 Å². The van der Waals surface area contributed by atoms with E-state index in [-0.39, 0.29) is 6.29 Å². The average molecular weight is 229 g/mol. The molecule has 0 saturated carbocycles. The van der Waals surface area contributed by atoms with Crippen LogP contribution in [0.1, 0.15) is 51.9 Å². The summed E-state index contributed by atoms with van der Waals surface area (Å²) in [4.78, 5) is 0. The molecular formula is C13H27NO2. The summed E-state index contributed by atoms with van der Waals surface area (Å²) in [7, 11) is 2.03. The lowest BCUT2D eigenvalue weighted by atomic mass is 10.0. The molecule has 1 aliphatic rings. The maximum atomic E-state index is 5.47. The fourth-order valence-electron chi connectivity index (χ4n) is 2.15. The molecule has 0 spiro atoms. The molecule has 1 unspecified atom stereocenters. The second kappa shape index (κ2) is 8.97. The normalized spacial score (nSPS) is 19.1. The van der Waals surface area contributed by atoms with Gasteiger partial charge in [-0.15, -0.1) is 0 Å². The minimum absolute atomic E-state index is 0.0353. The molecule has 1 saturated heterocycles. The second-order valence-electron chi connectivity index (χ2n) is 4.60. The highest BCUT2D eigenvalue weighted by Gasteiger charge is 2.19. The molecular weight excluding hydrogens is 202 g/mol. The summed E-state index contributed by atoms with van der Waals surface area (Å²) < 4.78 is 10.9. The summed E-state index contributed by atoms with van der Waals surface area (Å²) in [5.41, 5.74) is 0. The van der Waals surface area contributed by atoms with Crippen molar-refractivity contribution in [3.8, 4) is 0 Å². The highest BCUT2D eigenvalue weighted by atomic mass is 16.7. The predicted molar refractivity (Wildman–Crippen MR) is 66.5 cm³/mol. The Morgan fingerprint density at radius 3 is 2.44 bits per heavy atom. The zero-order valence-electron chi connectivity index (χ0n) is 10.8. The van der Waals surface area contributed by atoms with Crippen LogP contribution in [-0.2, 0) is 9.47 Å². The number of ether oxygens (including phenoxy) is 2. The highest BCUT2D eigenvalue weighted by Crippen LogP contribution is 2.15. The molecule has 0 aliphatic carbocycles. The van der Waals surface area contributed by atoms with Gasteiger partial charge < -0.3 is 14.8 Å². The summed E-state index contributed by atoms with van der Waals surface area (Å²) in [5, 5.41) is 3.36. The Hall–Kier alpha value is -0.120. The largest absolute Gasteiger partial charge is 0.350 e. The van der Waals surface area contributed by atoms with E-state index in [2.05, 4.69) is 12.2 Å². The first-order valence-electron chi connectivity index (χ1n) is 6.77. The molecule has 0 amide bonds. The van der Waals surface area contributed by atoms with Gasteiger partial charge in [-0.1, -0.05) is 39.0 Å². The number of hydrogen-bond donors (Lipinski definition) is 1. The average Bonchev–Trinajstić information content (AvgIpc) is 2.80. The zero-order valence-corrected chi connectivity index (χ0v) is 10.8. The van der Waals surface area contributed by atoms with Crippen molar-refractivity contribution in [2.75, 3.05) is 20.3 Å². The van der Waals surface area contributed by atoms with Gasteiger partial charge in [0.15, 0.2) is 6.29 Å². The van der Waals surface area contributed by atoms with Gasteiger partial charge >= 0.3 is 0 Å². The third-order valence-electron chi connectivity index (χ3n) is 3.23. The maximum absolute atomic E-state index is 5.47. The Balaban J connectivity index is 2.01. The van der Waals surface area contributed by atoms with E-state index in [0.717, 1.165) is 19.6 Å². The third kappa shape index (κ3) is 5.83. The first-order chi connectivity index (χ1) is 7.86. The van der Waals surface area contributed by atoms with Crippen molar-refractivity contribution >= 4 is 0 Å². The van der Waals surface area contributed by atoms with E-state index in [1.54, 1.807) is 0 Å². The smallest absolute Gasteiger partial charge is 0.159 e. The van der Waals surface area contributed by atoms with Gasteiger partial charge in [0.05, 0.1) is 13.2 Å². The standard InChI is InChI=1S/C13H27NO2/c1-3-4-5-6-7-8-12(14-2)11-13-15-9-10-16-13/h12-14H,3-11H2,1-2H3. The van der Waals surface area contributed by atoms with Crippen LogP contribution < -0.4 is 5.32 Å². The minimum atomic E-state index is 0.0353. The monoisotopic (exact) mass is 229 g/mol. The molecule has 16 heavy (non-hydrogen) atoms. The molecule has 1 aliphatic heterocycles. The van der Waals surface area contributed by atoms with Crippen LogP contribution in [0.5, 0.6) is 0 Å². The van der Waals surface area contributed by atoms with Crippen LogP contribution in [0.15, 0.2) is 0 Å². The van der Waals surface area contributed by atoms with Crippen molar-refractivity contribution in [1.82, 2.24) is 5.32 Å². The van der Waals surface area contributed by atoms with Crippen molar-refractivity contribution in [1.29, 1.82) is 0 Å². The molecule has 0 aromatic heterocycles. The first kappa shape index (κ1) is 13.9. The van der Waals surface area contributed by atoms with E-state index in [1.165, 1.54) is 38.5 Å². The molecule has 96 valence electrons. The van der Waals surface area contributed by atoms with Crippen LogP contribution in [0.25, 0.3) is 0 Å². The van der Waals surface area contributed by atoms with Gasteiger partial charge in [0.2, 0.25) is 0 Å². The zero-order chi connectivity index (χ0) is 11.6. The molecule has 1 fully saturated rings. The molecule has 1 heterocycles. The molecule has 3 heteroatoms. The lowest BCUT2D eigenvalue weighted by molar-refractivity contribution is -0.0528. The van der Waals surface area contributed by atoms with Gasteiger partial charge in [0, 0.05) is 12.5 Å². The Morgan fingerprint density at radius 1 is 1.12 bits per heavy atom.